The Bertz CT molecular complexity index is 1330. The van der Waals surface area contributed by atoms with Gasteiger partial charge in [-0.3, -0.25) is 9.88 Å². The molecule has 1 saturated heterocycles. The molecule has 0 amide bonds. The monoisotopic (exact) mass is 422 g/mol. The SMILES string of the molecule is NS(=O)(=O)c1ccc2nc(CN3CCC(Nc4cccc5cnccc45)C3)[nH]c2c1. The van der Waals surface area contributed by atoms with Gasteiger partial charge in [-0.2, -0.15) is 0 Å². The molecule has 0 spiro atoms. The van der Waals surface area contributed by atoms with E-state index in [0.29, 0.717) is 18.1 Å². The molecule has 154 valence electrons. The largest absolute Gasteiger partial charge is 0.380 e. The summed E-state index contributed by atoms with van der Waals surface area (Å²) in [7, 11) is -3.73. The minimum atomic E-state index is -3.73. The summed E-state index contributed by atoms with van der Waals surface area (Å²) in [6, 6.07) is 13.3. The molecule has 9 heteroatoms. The maximum atomic E-state index is 11.6. The number of H-pyrrole nitrogens is 1. The topological polar surface area (TPSA) is 117 Å². The van der Waals surface area contributed by atoms with E-state index in [1.807, 2.05) is 24.5 Å². The van der Waals surface area contributed by atoms with Gasteiger partial charge in [0.2, 0.25) is 10.0 Å². The van der Waals surface area contributed by atoms with E-state index in [1.165, 1.54) is 17.5 Å². The Morgan fingerprint density at radius 2 is 2.13 bits per heavy atom. The molecule has 1 unspecified atom stereocenters. The predicted molar refractivity (Wildman–Crippen MR) is 117 cm³/mol. The van der Waals surface area contributed by atoms with Crippen LogP contribution in [0.1, 0.15) is 12.2 Å². The van der Waals surface area contributed by atoms with Crippen molar-refractivity contribution in [3.63, 3.8) is 0 Å². The van der Waals surface area contributed by atoms with Crippen molar-refractivity contribution in [3.05, 3.63) is 60.7 Å². The molecule has 4 aromatic rings. The molecule has 5 rings (SSSR count). The van der Waals surface area contributed by atoms with Crippen LogP contribution in [0.15, 0.2) is 59.8 Å². The number of nitrogens with one attached hydrogen (secondary N) is 2. The Balaban J connectivity index is 1.28. The second-order valence-corrected chi connectivity index (χ2v) is 9.24. The fraction of sp³-hybridized carbons (Fsp3) is 0.238. The quantitative estimate of drug-likeness (QED) is 0.455. The number of hydrogen-bond donors (Lipinski definition) is 3. The number of fused-ring (bicyclic) bond motifs is 2. The lowest BCUT2D eigenvalue weighted by atomic mass is 10.1. The zero-order valence-corrected chi connectivity index (χ0v) is 17.1. The number of aromatic nitrogens is 3. The van der Waals surface area contributed by atoms with Crippen molar-refractivity contribution in [3.8, 4) is 0 Å². The number of likely N-dealkylation sites (tertiary alicyclic amines) is 1. The lowest BCUT2D eigenvalue weighted by Gasteiger charge is -2.17. The number of nitrogens with zero attached hydrogens (tertiary/aromatic N) is 3. The minimum Gasteiger partial charge on any atom is -0.380 e. The number of pyridine rings is 1. The van der Waals surface area contributed by atoms with Gasteiger partial charge in [0.05, 0.1) is 22.5 Å². The molecule has 1 fully saturated rings. The average Bonchev–Trinajstić information content (AvgIpc) is 3.33. The molecule has 4 N–H and O–H groups in total. The average molecular weight is 423 g/mol. The van der Waals surface area contributed by atoms with Crippen LogP contribution in [-0.4, -0.2) is 47.4 Å². The van der Waals surface area contributed by atoms with E-state index in [0.717, 1.165) is 41.9 Å². The van der Waals surface area contributed by atoms with Crippen LogP contribution in [0.3, 0.4) is 0 Å². The predicted octanol–water partition coefficient (Wildman–Crippen LogP) is 2.44. The smallest absolute Gasteiger partial charge is 0.238 e. The Morgan fingerprint density at radius 3 is 3.00 bits per heavy atom. The maximum Gasteiger partial charge on any atom is 0.238 e. The molecule has 2 aromatic carbocycles. The van der Waals surface area contributed by atoms with Gasteiger partial charge in [-0.25, -0.2) is 18.5 Å². The molecule has 0 saturated carbocycles. The molecule has 8 nitrogen and oxygen atoms in total. The Kier molecular flexibility index (Phi) is 4.65. The fourth-order valence-electron chi connectivity index (χ4n) is 4.07. The lowest BCUT2D eigenvalue weighted by Crippen LogP contribution is -2.26. The third kappa shape index (κ3) is 3.74. The zero-order valence-electron chi connectivity index (χ0n) is 16.2. The summed E-state index contributed by atoms with van der Waals surface area (Å²) in [6.45, 7) is 2.54. The van der Waals surface area contributed by atoms with Gasteiger partial charge in [0, 0.05) is 48.0 Å². The van der Waals surface area contributed by atoms with E-state index < -0.39 is 10.0 Å². The Hall–Kier alpha value is -3.01. The molecular weight excluding hydrogens is 400 g/mol. The Labute approximate surface area is 174 Å². The van der Waals surface area contributed by atoms with E-state index >= 15 is 0 Å². The van der Waals surface area contributed by atoms with Crippen molar-refractivity contribution in [2.75, 3.05) is 18.4 Å². The highest BCUT2D eigenvalue weighted by molar-refractivity contribution is 7.89. The molecule has 1 atom stereocenters. The summed E-state index contributed by atoms with van der Waals surface area (Å²) in [5, 5.41) is 11.2. The van der Waals surface area contributed by atoms with Crippen molar-refractivity contribution in [1.29, 1.82) is 0 Å². The number of nitrogens with two attached hydrogens (primary N) is 1. The molecule has 30 heavy (non-hydrogen) atoms. The van der Waals surface area contributed by atoms with Crippen LogP contribution < -0.4 is 10.5 Å². The van der Waals surface area contributed by atoms with Gasteiger partial charge in [-0.1, -0.05) is 12.1 Å². The second-order valence-electron chi connectivity index (χ2n) is 7.67. The van der Waals surface area contributed by atoms with E-state index in [-0.39, 0.29) is 4.90 Å². The van der Waals surface area contributed by atoms with Gasteiger partial charge < -0.3 is 10.3 Å². The van der Waals surface area contributed by atoms with Crippen LogP contribution in [0, 0.1) is 0 Å². The molecule has 0 bridgehead atoms. The van der Waals surface area contributed by atoms with Gasteiger partial charge in [-0.15, -0.1) is 0 Å². The van der Waals surface area contributed by atoms with Crippen molar-refractivity contribution < 1.29 is 8.42 Å². The summed E-state index contributed by atoms with van der Waals surface area (Å²) in [4.78, 5) is 14.4. The molecule has 1 aliphatic heterocycles. The first-order valence-corrected chi connectivity index (χ1v) is 11.3. The van der Waals surface area contributed by atoms with Crippen LogP contribution in [0.25, 0.3) is 21.8 Å². The number of anilines is 1. The lowest BCUT2D eigenvalue weighted by molar-refractivity contribution is 0.321. The van der Waals surface area contributed by atoms with Gasteiger partial charge >= 0.3 is 0 Å². The van der Waals surface area contributed by atoms with Crippen LogP contribution in [-0.2, 0) is 16.6 Å². The van der Waals surface area contributed by atoms with Gasteiger partial charge in [0.1, 0.15) is 5.82 Å². The van der Waals surface area contributed by atoms with Crippen molar-refractivity contribution in [1.82, 2.24) is 19.9 Å². The van der Waals surface area contributed by atoms with Crippen molar-refractivity contribution >= 4 is 37.5 Å². The molecule has 2 aromatic heterocycles. The van der Waals surface area contributed by atoms with Gasteiger partial charge in [0.15, 0.2) is 0 Å². The number of sulfonamides is 1. The highest BCUT2D eigenvalue weighted by atomic mass is 32.2. The molecule has 1 aliphatic rings. The standard InChI is InChI=1S/C21H22N6O2S/c22-30(28,29)16-4-5-19-20(10-16)26-21(25-19)13-27-9-7-15(12-27)24-18-3-1-2-14-11-23-8-6-17(14)18/h1-6,8,10-11,15,24H,7,9,12-13H2,(H,25,26)(H2,22,28,29). The zero-order chi connectivity index (χ0) is 20.7. The van der Waals surface area contributed by atoms with Crippen LogP contribution in [0.5, 0.6) is 0 Å². The summed E-state index contributed by atoms with van der Waals surface area (Å²) in [5.41, 5.74) is 2.53. The van der Waals surface area contributed by atoms with Crippen LogP contribution >= 0.6 is 0 Å². The van der Waals surface area contributed by atoms with Crippen LogP contribution in [0.4, 0.5) is 5.69 Å². The summed E-state index contributed by atoms with van der Waals surface area (Å²) in [6.07, 6.45) is 4.74. The molecule has 0 radical (unpaired) electrons. The summed E-state index contributed by atoms with van der Waals surface area (Å²) < 4.78 is 23.1. The van der Waals surface area contributed by atoms with Crippen molar-refractivity contribution in [2.24, 2.45) is 5.14 Å². The highest BCUT2D eigenvalue weighted by Gasteiger charge is 2.23. The number of primary sulfonamides is 1. The number of imidazole rings is 1. The summed E-state index contributed by atoms with van der Waals surface area (Å²) >= 11 is 0. The first kappa shape index (κ1) is 19.0. The third-order valence-corrected chi connectivity index (χ3v) is 6.43. The van der Waals surface area contributed by atoms with E-state index in [1.54, 1.807) is 6.07 Å². The number of aromatic amines is 1. The Morgan fingerprint density at radius 1 is 1.23 bits per heavy atom. The van der Waals surface area contributed by atoms with E-state index in [4.69, 9.17) is 5.14 Å². The molecular formula is C21H22N6O2S. The number of rotatable bonds is 5. The fourth-order valence-corrected chi connectivity index (χ4v) is 4.61. The highest BCUT2D eigenvalue weighted by Crippen LogP contribution is 2.25. The first-order chi connectivity index (χ1) is 14.5. The van der Waals surface area contributed by atoms with Crippen molar-refractivity contribution in [2.45, 2.75) is 23.9 Å². The van der Waals surface area contributed by atoms with Crippen LogP contribution in [0.2, 0.25) is 0 Å². The second kappa shape index (κ2) is 7.35. The minimum absolute atomic E-state index is 0.0842. The van der Waals surface area contributed by atoms with E-state index in [9.17, 15) is 8.42 Å². The number of hydrogen-bond acceptors (Lipinski definition) is 6. The van der Waals surface area contributed by atoms with Gasteiger partial charge in [-0.05, 0) is 36.8 Å². The third-order valence-electron chi connectivity index (χ3n) is 5.52. The van der Waals surface area contributed by atoms with Gasteiger partial charge in [0.25, 0.3) is 0 Å². The van der Waals surface area contributed by atoms with E-state index in [2.05, 4.69) is 37.3 Å². The molecule has 0 aliphatic carbocycles. The first-order valence-electron chi connectivity index (χ1n) is 9.79. The molecule has 3 heterocycles. The number of benzene rings is 2. The summed E-state index contributed by atoms with van der Waals surface area (Å²) in [5.74, 6) is 0.813. The maximum absolute atomic E-state index is 11.6. The normalized spacial score (nSPS) is 17.7.